The topological polar surface area (TPSA) is 29.9 Å². The highest BCUT2D eigenvalue weighted by Crippen LogP contribution is 2.30. The average molecular weight is 255 g/mol. The minimum Gasteiger partial charge on any atom is -0.356 e. The Hall–Kier alpha value is -1.77. The molecule has 19 heavy (non-hydrogen) atoms. The van der Waals surface area contributed by atoms with E-state index in [2.05, 4.69) is 52.3 Å². The molecule has 0 aliphatic heterocycles. The van der Waals surface area contributed by atoms with Gasteiger partial charge in [-0.05, 0) is 36.8 Å². The number of anilines is 1. The maximum absolute atomic E-state index is 4.44. The van der Waals surface area contributed by atoms with Crippen LogP contribution in [0.3, 0.4) is 0 Å². The molecule has 1 aliphatic carbocycles. The smallest absolute Gasteiger partial charge is 0.203 e. The molecular formula is C16H21N3. The van der Waals surface area contributed by atoms with Crippen molar-refractivity contribution in [1.29, 1.82) is 0 Å². The second kappa shape index (κ2) is 5.47. The quantitative estimate of drug-likeness (QED) is 0.907. The van der Waals surface area contributed by atoms with Crippen LogP contribution in [0.2, 0.25) is 0 Å². The number of hydrogen-bond donors (Lipinski definition) is 1. The third kappa shape index (κ3) is 2.50. The van der Waals surface area contributed by atoms with Crippen molar-refractivity contribution >= 4 is 5.95 Å². The first-order valence-corrected chi connectivity index (χ1v) is 7.22. The summed E-state index contributed by atoms with van der Waals surface area (Å²) in [5.74, 6) is 1.02. The van der Waals surface area contributed by atoms with Crippen molar-refractivity contribution in [2.75, 3.05) is 11.9 Å². The molecule has 0 fully saturated rings. The van der Waals surface area contributed by atoms with Gasteiger partial charge in [0.15, 0.2) is 0 Å². The summed E-state index contributed by atoms with van der Waals surface area (Å²) in [6.45, 7) is 3.16. The van der Waals surface area contributed by atoms with Gasteiger partial charge in [-0.3, -0.25) is 0 Å². The highest BCUT2D eigenvalue weighted by atomic mass is 15.2. The first-order chi connectivity index (χ1) is 9.38. The van der Waals surface area contributed by atoms with Gasteiger partial charge in [0.05, 0.1) is 0 Å². The summed E-state index contributed by atoms with van der Waals surface area (Å²) < 4.78 is 2.31. The lowest BCUT2D eigenvalue weighted by Gasteiger charge is -2.27. The Labute approximate surface area is 114 Å². The molecule has 1 unspecified atom stereocenters. The number of rotatable bonds is 4. The molecule has 1 aromatic carbocycles. The molecule has 0 saturated carbocycles. The van der Waals surface area contributed by atoms with E-state index in [1.165, 1.54) is 24.0 Å². The van der Waals surface area contributed by atoms with Gasteiger partial charge in [0.2, 0.25) is 5.95 Å². The maximum atomic E-state index is 4.44. The van der Waals surface area contributed by atoms with Crippen molar-refractivity contribution in [3.63, 3.8) is 0 Å². The molecule has 0 saturated heterocycles. The van der Waals surface area contributed by atoms with E-state index in [1.54, 1.807) is 0 Å². The monoisotopic (exact) mass is 255 g/mol. The summed E-state index contributed by atoms with van der Waals surface area (Å²) in [6, 6.07) is 9.35. The molecule has 3 rings (SSSR count). The van der Waals surface area contributed by atoms with Gasteiger partial charge >= 0.3 is 0 Å². The number of imidazole rings is 1. The number of hydrogen-bond acceptors (Lipinski definition) is 2. The number of fused-ring (bicyclic) bond motifs is 1. The van der Waals surface area contributed by atoms with Crippen molar-refractivity contribution in [3.8, 4) is 0 Å². The fourth-order valence-corrected chi connectivity index (χ4v) is 2.90. The highest BCUT2D eigenvalue weighted by molar-refractivity contribution is 5.32. The van der Waals surface area contributed by atoms with E-state index < -0.39 is 0 Å². The van der Waals surface area contributed by atoms with Gasteiger partial charge in [-0.15, -0.1) is 0 Å². The zero-order valence-electron chi connectivity index (χ0n) is 11.5. The lowest BCUT2D eigenvalue weighted by molar-refractivity contribution is 0.446. The summed E-state index contributed by atoms with van der Waals surface area (Å²) in [5, 5.41) is 3.42. The molecular weight excluding hydrogens is 234 g/mol. The summed E-state index contributed by atoms with van der Waals surface area (Å²) >= 11 is 0. The predicted octanol–water partition coefficient (Wildman–Crippen LogP) is 3.44. The van der Waals surface area contributed by atoms with E-state index in [-0.39, 0.29) is 0 Å². The number of aryl methyl sites for hydroxylation is 1. The normalized spacial score (nSPS) is 18.1. The van der Waals surface area contributed by atoms with E-state index in [0.717, 1.165) is 25.3 Å². The van der Waals surface area contributed by atoms with Crippen LogP contribution >= 0.6 is 0 Å². The Morgan fingerprint density at radius 1 is 1.32 bits per heavy atom. The van der Waals surface area contributed by atoms with Crippen molar-refractivity contribution in [2.45, 2.75) is 38.6 Å². The maximum Gasteiger partial charge on any atom is 0.203 e. The second-order valence-corrected chi connectivity index (χ2v) is 5.25. The predicted molar refractivity (Wildman–Crippen MR) is 78.5 cm³/mol. The standard InChI is InChI=1S/C16H21N3/c1-2-9-17-16-18-10-11-19(16)15-8-7-13-5-3-4-6-14(13)12-15/h3-6,10-11,15H,2,7-9,12H2,1H3,(H,17,18). The van der Waals surface area contributed by atoms with Crippen LogP contribution in [-0.4, -0.2) is 16.1 Å². The average Bonchev–Trinajstić information content (AvgIpc) is 2.93. The Bertz CT molecular complexity index is 544. The van der Waals surface area contributed by atoms with Gasteiger partial charge in [-0.2, -0.15) is 0 Å². The van der Waals surface area contributed by atoms with Crippen molar-refractivity contribution in [3.05, 3.63) is 47.8 Å². The minimum atomic E-state index is 0.539. The van der Waals surface area contributed by atoms with Crippen LogP contribution in [0.1, 0.15) is 36.9 Å². The third-order valence-electron chi connectivity index (χ3n) is 3.92. The molecule has 0 spiro atoms. The van der Waals surface area contributed by atoms with E-state index in [1.807, 2.05) is 6.20 Å². The molecule has 1 N–H and O–H groups in total. The van der Waals surface area contributed by atoms with E-state index in [9.17, 15) is 0 Å². The minimum absolute atomic E-state index is 0.539. The summed E-state index contributed by atoms with van der Waals surface area (Å²) in [7, 11) is 0. The van der Waals surface area contributed by atoms with Gasteiger partial charge in [0.1, 0.15) is 0 Å². The van der Waals surface area contributed by atoms with E-state index in [0.29, 0.717) is 6.04 Å². The number of benzene rings is 1. The van der Waals surface area contributed by atoms with Gasteiger partial charge in [-0.25, -0.2) is 4.98 Å². The Balaban J connectivity index is 1.79. The zero-order valence-corrected chi connectivity index (χ0v) is 11.5. The highest BCUT2D eigenvalue weighted by Gasteiger charge is 2.21. The van der Waals surface area contributed by atoms with Crippen molar-refractivity contribution < 1.29 is 0 Å². The van der Waals surface area contributed by atoms with Crippen molar-refractivity contribution in [1.82, 2.24) is 9.55 Å². The molecule has 3 heteroatoms. The van der Waals surface area contributed by atoms with E-state index >= 15 is 0 Å². The van der Waals surface area contributed by atoms with Gasteiger partial charge in [0, 0.05) is 25.0 Å². The molecule has 100 valence electrons. The zero-order chi connectivity index (χ0) is 13.1. The first kappa shape index (κ1) is 12.3. The Kier molecular flexibility index (Phi) is 3.53. The lowest BCUT2D eigenvalue weighted by Crippen LogP contribution is -2.20. The number of aromatic nitrogens is 2. The number of nitrogens with zero attached hydrogens (tertiary/aromatic N) is 2. The van der Waals surface area contributed by atoms with Gasteiger partial charge in [0.25, 0.3) is 0 Å². The molecule has 2 aromatic rings. The lowest BCUT2D eigenvalue weighted by atomic mass is 9.88. The molecule has 1 atom stereocenters. The number of nitrogens with one attached hydrogen (secondary N) is 1. The molecule has 1 aromatic heterocycles. The van der Waals surface area contributed by atoms with Crippen molar-refractivity contribution in [2.24, 2.45) is 0 Å². The van der Waals surface area contributed by atoms with Crippen LogP contribution in [0.15, 0.2) is 36.7 Å². The largest absolute Gasteiger partial charge is 0.356 e. The molecule has 0 bridgehead atoms. The fourth-order valence-electron chi connectivity index (χ4n) is 2.90. The summed E-state index contributed by atoms with van der Waals surface area (Å²) in [4.78, 5) is 4.44. The SMILES string of the molecule is CCCNc1nccn1C1CCc2ccccc2C1. The molecule has 3 nitrogen and oxygen atoms in total. The summed E-state index contributed by atoms with van der Waals surface area (Å²) in [5.41, 5.74) is 3.01. The van der Waals surface area contributed by atoms with Gasteiger partial charge < -0.3 is 9.88 Å². The molecule has 1 aliphatic rings. The third-order valence-corrected chi connectivity index (χ3v) is 3.92. The molecule has 0 radical (unpaired) electrons. The fraction of sp³-hybridized carbons (Fsp3) is 0.438. The first-order valence-electron chi connectivity index (χ1n) is 7.22. The Morgan fingerprint density at radius 3 is 3.00 bits per heavy atom. The van der Waals surface area contributed by atoms with Gasteiger partial charge in [-0.1, -0.05) is 31.2 Å². The second-order valence-electron chi connectivity index (χ2n) is 5.25. The molecule has 1 heterocycles. The van der Waals surface area contributed by atoms with Crippen LogP contribution in [-0.2, 0) is 12.8 Å². The van der Waals surface area contributed by atoms with Crippen LogP contribution in [0, 0.1) is 0 Å². The van der Waals surface area contributed by atoms with Crippen LogP contribution in [0.25, 0.3) is 0 Å². The van der Waals surface area contributed by atoms with E-state index in [4.69, 9.17) is 0 Å². The summed E-state index contributed by atoms with van der Waals surface area (Å²) in [6.07, 6.45) is 8.63. The Morgan fingerprint density at radius 2 is 2.16 bits per heavy atom. The van der Waals surface area contributed by atoms with Crippen LogP contribution < -0.4 is 5.32 Å². The van der Waals surface area contributed by atoms with Crippen LogP contribution in [0.5, 0.6) is 0 Å². The molecule has 0 amide bonds. The van der Waals surface area contributed by atoms with Crippen LogP contribution in [0.4, 0.5) is 5.95 Å².